The maximum atomic E-state index is 14.2. The van der Waals surface area contributed by atoms with Gasteiger partial charge in [0.25, 0.3) is 5.91 Å². The van der Waals surface area contributed by atoms with Gasteiger partial charge < -0.3 is 15.6 Å². The highest BCUT2D eigenvalue weighted by molar-refractivity contribution is 7.92. The highest BCUT2D eigenvalue weighted by Crippen LogP contribution is 2.25. The highest BCUT2D eigenvalue weighted by atomic mass is 32.2. The molecule has 8 nitrogen and oxygen atoms in total. The van der Waals surface area contributed by atoms with Crippen molar-refractivity contribution < 1.29 is 22.1 Å². The molecule has 2 aromatic rings. The Balaban J connectivity index is 2.28. The van der Waals surface area contributed by atoms with Crippen LogP contribution in [0, 0.1) is 12.7 Å². The number of anilines is 1. The van der Waals surface area contributed by atoms with Gasteiger partial charge in [0.1, 0.15) is 16.4 Å². The first-order valence-corrected chi connectivity index (χ1v) is 9.61. The minimum Gasteiger partial charge on any atom is -0.386 e. The Hall–Kier alpha value is -2.75. The molecule has 10 heteroatoms. The SMILES string of the molecule is CN=C(N)C(C)(C)S(=O)(=O)Cc1cc(NC(=O)c2cc(C)no2)ccc1F. The average Bonchev–Trinajstić information content (AvgIpc) is 3.03. The topological polar surface area (TPSA) is 128 Å². The van der Waals surface area contributed by atoms with E-state index in [4.69, 9.17) is 10.3 Å². The van der Waals surface area contributed by atoms with Crippen LogP contribution in [0.3, 0.4) is 0 Å². The average molecular weight is 396 g/mol. The fraction of sp³-hybridized carbons (Fsp3) is 0.353. The molecule has 0 aliphatic heterocycles. The number of carbonyl (C=O) groups is 1. The second-order valence-electron chi connectivity index (χ2n) is 6.47. The Kier molecular flexibility index (Phi) is 5.69. The van der Waals surface area contributed by atoms with Crippen LogP contribution in [0.25, 0.3) is 0 Å². The molecule has 0 unspecified atom stereocenters. The third-order valence-corrected chi connectivity index (χ3v) is 6.59. The van der Waals surface area contributed by atoms with Crippen molar-refractivity contribution in [1.82, 2.24) is 5.16 Å². The van der Waals surface area contributed by atoms with Crippen LogP contribution >= 0.6 is 0 Å². The van der Waals surface area contributed by atoms with Crippen molar-refractivity contribution >= 4 is 27.3 Å². The van der Waals surface area contributed by atoms with Crippen LogP contribution in [0.1, 0.15) is 35.7 Å². The van der Waals surface area contributed by atoms with Gasteiger partial charge >= 0.3 is 0 Å². The van der Waals surface area contributed by atoms with Crippen molar-refractivity contribution in [2.75, 3.05) is 12.4 Å². The summed E-state index contributed by atoms with van der Waals surface area (Å²) < 4.78 is 42.9. The molecular weight excluding hydrogens is 375 g/mol. The summed E-state index contributed by atoms with van der Waals surface area (Å²) in [4.78, 5) is 15.8. The minimum atomic E-state index is -3.88. The number of amidine groups is 1. The van der Waals surface area contributed by atoms with Crippen molar-refractivity contribution in [1.29, 1.82) is 0 Å². The van der Waals surface area contributed by atoms with E-state index in [2.05, 4.69) is 15.5 Å². The van der Waals surface area contributed by atoms with Crippen LogP contribution in [-0.4, -0.2) is 37.1 Å². The lowest BCUT2D eigenvalue weighted by atomic mass is 10.2. The number of nitrogens with one attached hydrogen (secondary N) is 1. The monoisotopic (exact) mass is 396 g/mol. The molecule has 0 radical (unpaired) electrons. The van der Waals surface area contributed by atoms with Crippen molar-refractivity contribution in [3.8, 4) is 0 Å². The van der Waals surface area contributed by atoms with Gasteiger partial charge in [0, 0.05) is 24.4 Å². The zero-order valence-corrected chi connectivity index (χ0v) is 16.2. The molecule has 146 valence electrons. The number of rotatable bonds is 6. The lowest BCUT2D eigenvalue weighted by Gasteiger charge is -2.24. The van der Waals surface area contributed by atoms with Crippen LogP contribution in [0.4, 0.5) is 10.1 Å². The van der Waals surface area contributed by atoms with E-state index in [-0.39, 0.29) is 22.8 Å². The van der Waals surface area contributed by atoms with Crippen LogP contribution < -0.4 is 11.1 Å². The van der Waals surface area contributed by atoms with Gasteiger partial charge in [-0.2, -0.15) is 0 Å². The minimum absolute atomic E-state index is 0.0148. The summed E-state index contributed by atoms with van der Waals surface area (Å²) >= 11 is 0. The predicted molar refractivity (Wildman–Crippen MR) is 99.8 cm³/mol. The first-order chi connectivity index (χ1) is 12.5. The third kappa shape index (κ3) is 4.33. The molecule has 0 saturated heterocycles. The van der Waals surface area contributed by atoms with E-state index in [0.29, 0.717) is 5.69 Å². The van der Waals surface area contributed by atoms with Gasteiger partial charge in [-0.3, -0.25) is 9.79 Å². The number of amides is 1. The van der Waals surface area contributed by atoms with Crippen LogP contribution in [-0.2, 0) is 15.6 Å². The summed E-state index contributed by atoms with van der Waals surface area (Å²) in [7, 11) is -2.49. The maximum Gasteiger partial charge on any atom is 0.294 e. The first kappa shape index (κ1) is 20.6. The molecule has 0 aliphatic carbocycles. The largest absolute Gasteiger partial charge is 0.386 e. The molecule has 1 aromatic carbocycles. The maximum absolute atomic E-state index is 14.2. The zero-order valence-electron chi connectivity index (χ0n) is 15.4. The van der Waals surface area contributed by atoms with Crippen molar-refractivity contribution in [2.24, 2.45) is 10.7 Å². The molecule has 27 heavy (non-hydrogen) atoms. The second kappa shape index (κ2) is 7.47. The van der Waals surface area contributed by atoms with Gasteiger partial charge in [-0.1, -0.05) is 5.16 Å². The van der Waals surface area contributed by atoms with Gasteiger partial charge in [0.2, 0.25) is 5.76 Å². The van der Waals surface area contributed by atoms with Gasteiger partial charge in [0.05, 0.1) is 11.4 Å². The normalized spacial score (nSPS) is 12.9. The van der Waals surface area contributed by atoms with E-state index >= 15 is 0 Å². The van der Waals surface area contributed by atoms with Gasteiger partial charge in [0.15, 0.2) is 9.84 Å². The summed E-state index contributed by atoms with van der Waals surface area (Å²) in [5.41, 5.74) is 6.35. The van der Waals surface area contributed by atoms with Crippen LogP contribution in [0.5, 0.6) is 0 Å². The standard InChI is InChI=1S/C17H21FN4O4S/c1-10-7-14(26-22-10)15(23)21-12-5-6-13(18)11(8-12)9-27(24,25)17(2,3)16(19)20-4/h5-8H,9H2,1-4H3,(H2,19,20)(H,21,23). The lowest BCUT2D eigenvalue weighted by molar-refractivity contribution is 0.0988. The van der Waals surface area contributed by atoms with E-state index in [1.807, 2.05) is 0 Å². The number of aromatic nitrogens is 1. The van der Waals surface area contributed by atoms with E-state index < -0.39 is 32.1 Å². The molecule has 0 bridgehead atoms. The highest BCUT2D eigenvalue weighted by Gasteiger charge is 2.38. The smallest absolute Gasteiger partial charge is 0.294 e. The Labute approximate surface area is 156 Å². The Morgan fingerprint density at radius 1 is 1.37 bits per heavy atom. The molecule has 3 N–H and O–H groups in total. The van der Waals surface area contributed by atoms with Gasteiger partial charge in [-0.25, -0.2) is 12.8 Å². The zero-order chi connectivity index (χ0) is 20.4. The summed E-state index contributed by atoms with van der Waals surface area (Å²) in [5.74, 6) is -1.99. The van der Waals surface area contributed by atoms with Crippen LogP contribution in [0.15, 0.2) is 33.8 Å². The number of benzene rings is 1. The number of aliphatic imine (C=N–C) groups is 1. The first-order valence-electron chi connectivity index (χ1n) is 7.96. The van der Waals surface area contributed by atoms with Crippen LogP contribution in [0.2, 0.25) is 0 Å². The Bertz CT molecular complexity index is 996. The van der Waals surface area contributed by atoms with Crippen molar-refractivity contribution in [3.05, 3.63) is 47.1 Å². The molecule has 2 rings (SSSR count). The number of nitrogens with two attached hydrogens (primary N) is 1. The number of halogens is 1. The molecular formula is C17H21FN4O4S. The van der Waals surface area contributed by atoms with Gasteiger partial charge in [-0.15, -0.1) is 0 Å². The van der Waals surface area contributed by atoms with E-state index in [1.165, 1.54) is 39.1 Å². The summed E-state index contributed by atoms with van der Waals surface area (Å²) in [6, 6.07) is 5.10. The summed E-state index contributed by atoms with van der Waals surface area (Å²) in [6.45, 7) is 4.47. The summed E-state index contributed by atoms with van der Waals surface area (Å²) in [5, 5.41) is 6.13. The molecule has 1 amide bonds. The third-order valence-electron chi connectivity index (χ3n) is 4.14. The van der Waals surface area contributed by atoms with Gasteiger partial charge in [-0.05, 0) is 39.0 Å². The molecule has 1 aromatic heterocycles. The molecule has 1 heterocycles. The Morgan fingerprint density at radius 2 is 2.04 bits per heavy atom. The molecule has 0 atom stereocenters. The summed E-state index contributed by atoms with van der Waals surface area (Å²) in [6.07, 6.45) is 0. The van der Waals surface area contributed by atoms with Crippen molar-refractivity contribution in [3.63, 3.8) is 0 Å². The molecule has 0 spiro atoms. The molecule has 0 aliphatic rings. The Morgan fingerprint density at radius 3 is 2.59 bits per heavy atom. The second-order valence-corrected chi connectivity index (χ2v) is 9.01. The van der Waals surface area contributed by atoms with E-state index in [9.17, 15) is 17.6 Å². The number of aryl methyl sites for hydroxylation is 1. The fourth-order valence-electron chi connectivity index (χ4n) is 2.24. The number of carbonyl (C=O) groups excluding carboxylic acids is 1. The van der Waals surface area contributed by atoms with E-state index in [1.54, 1.807) is 6.92 Å². The number of hydrogen-bond acceptors (Lipinski definition) is 6. The number of sulfone groups is 1. The molecule has 0 saturated carbocycles. The number of hydrogen-bond donors (Lipinski definition) is 2. The fourth-order valence-corrected chi connectivity index (χ4v) is 3.64. The molecule has 0 fully saturated rings. The van der Waals surface area contributed by atoms with Crippen molar-refractivity contribution in [2.45, 2.75) is 31.3 Å². The predicted octanol–water partition coefficient (Wildman–Crippen LogP) is 2.05. The lowest BCUT2D eigenvalue weighted by Crippen LogP contribution is -2.46. The quantitative estimate of drug-likeness (QED) is 0.568. The van der Waals surface area contributed by atoms with E-state index in [0.717, 1.165) is 6.07 Å². The number of nitrogens with zero attached hydrogens (tertiary/aromatic N) is 2.